The van der Waals surface area contributed by atoms with Crippen LogP contribution in [0.3, 0.4) is 0 Å². The fourth-order valence-electron chi connectivity index (χ4n) is 2.69. The first-order valence-corrected chi connectivity index (χ1v) is 8.98. The van der Waals surface area contributed by atoms with Gasteiger partial charge < -0.3 is 10.6 Å². The number of rotatable bonds is 4. The zero-order valence-corrected chi connectivity index (χ0v) is 15.4. The maximum atomic E-state index is 6.01. The molecular formula is C13H21Br2N3S. The first-order chi connectivity index (χ1) is 9.02. The van der Waals surface area contributed by atoms with Crippen LogP contribution in [0.4, 0.5) is 0 Å². The number of nitrogens with two attached hydrogens (primary N) is 1. The van der Waals surface area contributed by atoms with Gasteiger partial charge in [-0.25, -0.2) is 0 Å². The Morgan fingerprint density at radius 3 is 2.47 bits per heavy atom. The molecule has 2 N–H and O–H groups in total. The summed E-state index contributed by atoms with van der Waals surface area (Å²) in [5, 5.41) is 0. The molecule has 1 atom stereocenters. The summed E-state index contributed by atoms with van der Waals surface area (Å²) in [5.74, 6) is 0. The van der Waals surface area contributed by atoms with Crippen molar-refractivity contribution >= 4 is 43.2 Å². The Morgan fingerprint density at radius 2 is 2.05 bits per heavy atom. The predicted molar refractivity (Wildman–Crippen MR) is 89.8 cm³/mol. The molecule has 1 aliphatic rings. The van der Waals surface area contributed by atoms with Crippen molar-refractivity contribution in [1.29, 1.82) is 0 Å². The number of halogens is 2. The molecule has 0 radical (unpaired) electrons. The minimum Gasteiger partial charge on any atom is -0.329 e. The van der Waals surface area contributed by atoms with Gasteiger partial charge >= 0.3 is 0 Å². The molecule has 1 unspecified atom stereocenters. The molecular weight excluding hydrogens is 390 g/mol. The van der Waals surface area contributed by atoms with Gasteiger partial charge in [-0.15, -0.1) is 11.3 Å². The quantitative estimate of drug-likeness (QED) is 0.826. The van der Waals surface area contributed by atoms with Crippen LogP contribution in [0.1, 0.15) is 23.8 Å². The molecule has 108 valence electrons. The SMILES string of the molecule is CN(C)C1CCN(C(CN)c2cc(Br)c(Br)s2)CC1. The van der Waals surface area contributed by atoms with Crippen molar-refractivity contribution in [2.45, 2.75) is 24.9 Å². The molecule has 0 aromatic carbocycles. The van der Waals surface area contributed by atoms with Crippen LogP contribution >= 0.6 is 43.2 Å². The molecule has 6 heteroatoms. The third-order valence-electron chi connectivity index (χ3n) is 3.89. The van der Waals surface area contributed by atoms with E-state index in [1.165, 1.54) is 17.7 Å². The fourth-order valence-corrected chi connectivity index (χ4v) is 4.92. The third-order valence-corrected chi connectivity index (χ3v) is 7.24. The summed E-state index contributed by atoms with van der Waals surface area (Å²) < 4.78 is 2.29. The highest BCUT2D eigenvalue weighted by Crippen LogP contribution is 2.37. The van der Waals surface area contributed by atoms with Crippen molar-refractivity contribution in [2.75, 3.05) is 33.7 Å². The van der Waals surface area contributed by atoms with Crippen LogP contribution in [0, 0.1) is 0 Å². The van der Waals surface area contributed by atoms with Gasteiger partial charge in [0.15, 0.2) is 0 Å². The monoisotopic (exact) mass is 409 g/mol. The molecule has 0 saturated carbocycles. The lowest BCUT2D eigenvalue weighted by Gasteiger charge is -2.38. The van der Waals surface area contributed by atoms with E-state index in [1.807, 2.05) is 0 Å². The second-order valence-electron chi connectivity index (χ2n) is 5.25. The van der Waals surface area contributed by atoms with E-state index in [4.69, 9.17) is 5.73 Å². The van der Waals surface area contributed by atoms with Gasteiger partial charge in [0.25, 0.3) is 0 Å². The highest BCUT2D eigenvalue weighted by molar-refractivity contribution is 9.13. The van der Waals surface area contributed by atoms with Gasteiger partial charge in [-0.1, -0.05) is 0 Å². The Hall–Kier alpha value is 0.540. The summed E-state index contributed by atoms with van der Waals surface area (Å²) in [6.07, 6.45) is 2.47. The van der Waals surface area contributed by atoms with Crippen molar-refractivity contribution in [2.24, 2.45) is 5.73 Å². The van der Waals surface area contributed by atoms with E-state index in [-0.39, 0.29) is 0 Å². The summed E-state index contributed by atoms with van der Waals surface area (Å²) in [6.45, 7) is 2.96. The van der Waals surface area contributed by atoms with Crippen molar-refractivity contribution in [3.63, 3.8) is 0 Å². The van der Waals surface area contributed by atoms with Crippen LogP contribution in [0.5, 0.6) is 0 Å². The molecule has 2 rings (SSSR count). The molecule has 0 amide bonds. The Morgan fingerprint density at radius 1 is 1.42 bits per heavy atom. The lowest BCUT2D eigenvalue weighted by molar-refractivity contribution is 0.112. The largest absolute Gasteiger partial charge is 0.329 e. The van der Waals surface area contributed by atoms with E-state index < -0.39 is 0 Å². The summed E-state index contributed by atoms with van der Waals surface area (Å²) in [5.41, 5.74) is 6.01. The van der Waals surface area contributed by atoms with Gasteiger partial charge in [-0.3, -0.25) is 4.90 Å². The molecule has 0 bridgehead atoms. The Balaban J connectivity index is 2.03. The minimum atomic E-state index is 0.357. The Labute approximate surface area is 136 Å². The maximum Gasteiger partial charge on any atom is 0.0843 e. The van der Waals surface area contributed by atoms with Gasteiger partial charge in [-0.05, 0) is 64.9 Å². The molecule has 2 heterocycles. The predicted octanol–water partition coefficient (Wildman–Crippen LogP) is 3.30. The van der Waals surface area contributed by atoms with Gasteiger partial charge in [0.2, 0.25) is 0 Å². The Kier molecular flexibility index (Phi) is 5.87. The normalized spacial score (nSPS) is 20.1. The van der Waals surface area contributed by atoms with Crippen molar-refractivity contribution in [3.05, 3.63) is 19.2 Å². The van der Waals surface area contributed by atoms with Crippen LogP contribution in [-0.2, 0) is 0 Å². The van der Waals surface area contributed by atoms with E-state index >= 15 is 0 Å². The highest BCUT2D eigenvalue weighted by Gasteiger charge is 2.27. The van der Waals surface area contributed by atoms with Crippen molar-refractivity contribution in [1.82, 2.24) is 9.80 Å². The maximum absolute atomic E-state index is 6.01. The number of likely N-dealkylation sites (tertiary alicyclic amines) is 1. The Bertz CT molecular complexity index is 395. The lowest BCUT2D eigenvalue weighted by Crippen LogP contribution is -2.44. The van der Waals surface area contributed by atoms with Crippen LogP contribution in [0.25, 0.3) is 0 Å². The van der Waals surface area contributed by atoms with Crippen LogP contribution < -0.4 is 5.73 Å². The average Bonchev–Trinajstić information content (AvgIpc) is 2.71. The van der Waals surface area contributed by atoms with Gasteiger partial charge in [-0.2, -0.15) is 0 Å². The third kappa shape index (κ3) is 3.80. The summed E-state index contributed by atoms with van der Waals surface area (Å²) >= 11 is 8.92. The molecule has 1 aliphatic heterocycles. The molecule has 1 saturated heterocycles. The second-order valence-corrected chi connectivity index (χ2v) is 8.51. The first kappa shape index (κ1) is 15.9. The summed E-state index contributed by atoms with van der Waals surface area (Å²) in [7, 11) is 4.35. The number of hydrogen-bond acceptors (Lipinski definition) is 4. The zero-order valence-electron chi connectivity index (χ0n) is 11.4. The summed E-state index contributed by atoms with van der Waals surface area (Å²) in [6, 6.07) is 3.27. The fraction of sp³-hybridized carbons (Fsp3) is 0.692. The molecule has 3 nitrogen and oxygen atoms in total. The standard InChI is InChI=1S/C13H21Br2N3S/c1-17(2)9-3-5-18(6-4-9)11(8-16)12-7-10(14)13(15)19-12/h7,9,11H,3-6,8,16H2,1-2H3. The first-order valence-electron chi connectivity index (χ1n) is 6.58. The number of piperidine rings is 1. The number of nitrogens with zero attached hydrogens (tertiary/aromatic N) is 2. The minimum absolute atomic E-state index is 0.357. The smallest absolute Gasteiger partial charge is 0.0843 e. The van der Waals surface area contributed by atoms with Gasteiger partial charge in [0.1, 0.15) is 0 Å². The summed E-state index contributed by atoms with van der Waals surface area (Å²) in [4.78, 5) is 6.22. The van der Waals surface area contributed by atoms with Crippen LogP contribution in [0.15, 0.2) is 14.3 Å². The van der Waals surface area contributed by atoms with E-state index in [0.29, 0.717) is 12.6 Å². The lowest BCUT2D eigenvalue weighted by atomic mass is 10.0. The van der Waals surface area contributed by atoms with E-state index in [1.54, 1.807) is 11.3 Å². The van der Waals surface area contributed by atoms with Crippen LogP contribution in [0.2, 0.25) is 0 Å². The molecule has 0 aliphatic carbocycles. The van der Waals surface area contributed by atoms with Gasteiger partial charge in [0.05, 0.1) is 9.83 Å². The van der Waals surface area contributed by atoms with Crippen molar-refractivity contribution < 1.29 is 0 Å². The molecule has 1 fully saturated rings. The van der Waals surface area contributed by atoms with E-state index in [2.05, 4.69) is 61.8 Å². The second kappa shape index (κ2) is 7.00. The van der Waals surface area contributed by atoms with Crippen LogP contribution in [-0.4, -0.2) is 49.6 Å². The number of thiophene rings is 1. The molecule has 1 aromatic rings. The average molecular weight is 411 g/mol. The highest BCUT2D eigenvalue weighted by atomic mass is 79.9. The topological polar surface area (TPSA) is 32.5 Å². The zero-order chi connectivity index (χ0) is 14.0. The van der Waals surface area contributed by atoms with E-state index in [0.717, 1.165) is 27.4 Å². The molecule has 19 heavy (non-hydrogen) atoms. The van der Waals surface area contributed by atoms with Crippen molar-refractivity contribution in [3.8, 4) is 0 Å². The molecule has 1 aromatic heterocycles. The number of hydrogen-bond donors (Lipinski definition) is 1. The van der Waals surface area contributed by atoms with Gasteiger partial charge in [0, 0.05) is 35.0 Å². The van der Waals surface area contributed by atoms with E-state index in [9.17, 15) is 0 Å². The molecule has 0 spiro atoms.